The van der Waals surface area contributed by atoms with Gasteiger partial charge in [-0.3, -0.25) is 4.40 Å². The first-order valence-electron chi connectivity index (χ1n) is 7.20. The van der Waals surface area contributed by atoms with Crippen LogP contribution in [-0.4, -0.2) is 16.5 Å². The Morgan fingerprint density at radius 1 is 1.36 bits per heavy atom. The predicted molar refractivity (Wildman–Crippen MR) is 88.5 cm³/mol. The van der Waals surface area contributed by atoms with Gasteiger partial charge in [0.15, 0.2) is 4.96 Å². The second-order valence-corrected chi connectivity index (χ2v) is 6.23. The fourth-order valence-electron chi connectivity index (χ4n) is 2.78. The van der Waals surface area contributed by atoms with E-state index in [0.29, 0.717) is 6.42 Å². The van der Waals surface area contributed by atoms with Gasteiger partial charge in [0.1, 0.15) is 5.75 Å². The van der Waals surface area contributed by atoms with E-state index in [1.807, 2.05) is 24.3 Å². The average Bonchev–Trinajstić information content (AvgIpc) is 3.03. The summed E-state index contributed by atoms with van der Waals surface area (Å²) in [5.41, 5.74) is 4.07. The molecule has 0 aliphatic carbocycles. The van der Waals surface area contributed by atoms with Gasteiger partial charge in [0.05, 0.1) is 31.0 Å². The minimum Gasteiger partial charge on any atom is -0.497 e. The van der Waals surface area contributed by atoms with E-state index in [9.17, 15) is 5.26 Å². The lowest BCUT2D eigenvalue weighted by molar-refractivity contribution is 0.415. The first-order chi connectivity index (χ1) is 10.7. The van der Waals surface area contributed by atoms with Gasteiger partial charge >= 0.3 is 0 Å². The molecule has 22 heavy (non-hydrogen) atoms. The largest absolute Gasteiger partial charge is 0.497 e. The number of aryl methyl sites for hydroxylation is 2. The Labute approximate surface area is 133 Å². The average molecular weight is 311 g/mol. The smallest absolute Gasteiger partial charge is 0.194 e. The molecule has 0 saturated carbocycles. The third-order valence-corrected chi connectivity index (χ3v) is 4.79. The summed E-state index contributed by atoms with van der Waals surface area (Å²) in [6.45, 7) is 4.25. The number of nitriles is 1. The molecule has 4 nitrogen and oxygen atoms in total. The molecule has 0 amide bonds. The predicted octanol–water partition coefficient (Wildman–Crippen LogP) is 4.01. The van der Waals surface area contributed by atoms with Crippen LogP contribution in [0.15, 0.2) is 24.3 Å². The highest BCUT2D eigenvalue weighted by molar-refractivity contribution is 7.17. The number of rotatable bonds is 4. The third kappa shape index (κ3) is 2.26. The number of thiazole rings is 1. The van der Waals surface area contributed by atoms with Crippen LogP contribution in [0.3, 0.4) is 0 Å². The second kappa shape index (κ2) is 5.82. The van der Waals surface area contributed by atoms with Crippen molar-refractivity contribution in [1.29, 1.82) is 5.26 Å². The molecule has 0 aliphatic heterocycles. The highest BCUT2D eigenvalue weighted by Crippen LogP contribution is 2.32. The Kier molecular flexibility index (Phi) is 3.86. The van der Waals surface area contributed by atoms with Crippen molar-refractivity contribution in [2.75, 3.05) is 7.11 Å². The first-order valence-corrected chi connectivity index (χ1v) is 8.02. The van der Waals surface area contributed by atoms with Crippen LogP contribution >= 0.6 is 11.3 Å². The van der Waals surface area contributed by atoms with Crippen LogP contribution in [0.5, 0.6) is 5.75 Å². The zero-order valence-electron chi connectivity index (χ0n) is 12.9. The van der Waals surface area contributed by atoms with E-state index in [1.165, 1.54) is 10.6 Å². The number of methoxy groups -OCH3 is 1. The van der Waals surface area contributed by atoms with Gasteiger partial charge in [-0.15, -0.1) is 11.3 Å². The van der Waals surface area contributed by atoms with Gasteiger partial charge < -0.3 is 4.74 Å². The van der Waals surface area contributed by atoms with Crippen LogP contribution in [0, 0.1) is 18.3 Å². The van der Waals surface area contributed by atoms with Crippen molar-refractivity contribution in [1.82, 2.24) is 9.38 Å². The van der Waals surface area contributed by atoms with Gasteiger partial charge in [-0.25, -0.2) is 4.98 Å². The summed E-state index contributed by atoms with van der Waals surface area (Å²) in [5.74, 6) is 0.795. The summed E-state index contributed by atoms with van der Waals surface area (Å²) < 4.78 is 7.45. The molecule has 2 heterocycles. The molecule has 0 saturated heterocycles. The standard InChI is InChI=1S/C17H17N3OS/c1-4-14-11(2)22-17-19-16(15(8-9-18)20(14)17)12-6-5-7-13(10-12)21-3/h5-7,10H,4,8H2,1-3H3. The Morgan fingerprint density at radius 2 is 2.18 bits per heavy atom. The van der Waals surface area contributed by atoms with Crippen LogP contribution in [-0.2, 0) is 12.8 Å². The molecular weight excluding hydrogens is 294 g/mol. The van der Waals surface area contributed by atoms with E-state index in [0.717, 1.165) is 34.1 Å². The zero-order valence-corrected chi connectivity index (χ0v) is 13.7. The first kappa shape index (κ1) is 14.6. The van der Waals surface area contributed by atoms with E-state index in [-0.39, 0.29) is 0 Å². The van der Waals surface area contributed by atoms with Gasteiger partial charge in [0.25, 0.3) is 0 Å². The Balaban J connectivity index is 2.27. The number of fused-ring (bicyclic) bond motifs is 1. The quantitative estimate of drug-likeness (QED) is 0.731. The normalized spacial score (nSPS) is 10.8. The Morgan fingerprint density at radius 3 is 2.86 bits per heavy atom. The minimum absolute atomic E-state index is 0.344. The molecule has 5 heteroatoms. The fraction of sp³-hybridized carbons (Fsp3) is 0.294. The summed E-state index contributed by atoms with van der Waals surface area (Å²) in [6.07, 6.45) is 1.27. The molecule has 112 valence electrons. The topological polar surface area (TPSA) is 50.3 Å². The van der Waals surface area contributed by atoms with E-state index in [2.05, 4.69) is 24.3 Å². The number of aromatic nitrogens is 2. The molecule has 0 aliphatic rings. The molecule has 3 rings (SSSR count). The molecule has 0 atom stereocenters. The van der Waals surface area contributed by atoms with Crippen molar-refractivity contribution in [3.63, 3.8) is 0 Å². The molecule has 1 aromatic carbocycles. The van der Waals surface area contributed by atoms with Crippen molar-refractivity contribution >= 4 is 16.3 Å². The van der Waals surface area contributed by atoms with Crippen molar-refractivity contribution in [2.45, 2.75) is 26.7 Å². The molecule has 0 unspecified atom stereocenters. The van der Waals surface area contributed by atoms with Gasteiger partial charge in [-0.05, 0) is 25.5 Å². The van der Waals surface area contributed by atoms with Crippen LogP contribution in [0.4, 0.5) is 0 Å². The second-order valence-electron chi connectivity index (χ2n) is 5.05. The van der Waals surface area contributed by atoms with Crippen LogP contribution < -0.4 is 4.74 Å². The van der Waals surface area contributed by atoms with Crippen LogP contribution in [0.2, 0.25) is 0 Å². The van der Waals surface area contributed by atoms with Crippen molar-refractivity contribution < 1.29 is 4.74 Å². The summed E-state index contributed by atoms with van der Waals surface area (Å²) in [4.78, 5) is 7.00. The number of imidazole rings is 1. The molecule has 2 aromatic heterocycles. The summed E-state index contributed by atoms with van der Waals surface area (Å²) in [6, 6.07) is 10.1. The van der Waals surface area contributed by atoms with Crippen molar-refractivity contribution in [3.05, 3.63) is 40.5 Å². The molecule has 0 N–H and O–H groups in total. The van der Waals surface area contributed by atoms with Crippen LogP contribution in [0.1, 0.15) is 23.2 Å². The summed E-state index contributed by atoms with van der Waals surface area (Å²) in [7, 11) is 1.65. The minimum atomic E-state index is 0.344. The number of hydrogen-bond acceptors (Lipinski definition) is 4. The molecular formula is C17H17N3OS. The van der Waals surface area contributed by atoms with E-state index < -0.39 is 0 Å². The highest BCUT2D eigenvalue weighted by atomic mass is 32.1. The molecule has 3 aromatic rings. The fourth-order valence-corrected chi connectivity index (χ4v) is 3.85. The third-order valence-electron chi connectivity index (χ3n) is 3.79. The highest BCUT2D eigenvalue weighted by Gasteiger charge is 2.19. The van der Waals surface area contributed by atoms with Gasteiger partial charge in [-0.1, -0.05) is 19.1 Å². The summed E-state index contributed by atoms with van der Waals surface area (Å²) in [5, 5.41) is 9.23. The summed E-state index contributed by atoms with van der Waals surface area (Å²) >= 11 is 1.68. The van der Waals surface area contributed by atoms with Crippen molar-refractivity contribution in [3.8, 4) is 23.1 Å². The van der Waals surface area contributed by atoms with E-state index >= 15 is 0 Å². The van der Waals surface area contributed by atoms with E-state index in [4.69, 9.17) is 9.72 Å². The number of nitrogens with zero attached hydrogens (tertiary/aromatic N) is 3. The molecule has 0 spiro atoms. The zero-order chi connectivity index (χ0) is 15.7. The molecule has 0 fully saturated rings. The van der Waals surface area contributed by atoms with Crippen molar-refractivity contribution in [2.24, 2.45) is 0 Å². The SMILES string of the molecule is CCc1c(C)sc2nc(-c3cccc(OC)c3)c(CC#N)n12. The Hall–Kier alpha value is -2.32. The Bertz CT molecular complexity index is 870. The van der Waals surface area contributed by atoms with Crippen LogP contribution in [0.25, 0.3) is 16.2 Å². The molecule has 0 radical (unpaired) electrons. The molecule has 0 bridgehead atoms. The van der Waals surface area contributed by atoms with Gasteiger partial charge in [0.2, 0.25) is 0 Å². The van der Waals surface area contributed by atoms with Gasteiger partial charge in [0, 0.05) is 16.1 Å². The lowest BCUT2D eigenvalue weighted by atomic mass is 10.1. The monoisotopic (exact) mass is 311 g/mol. The number of hydrogen-bond donors (Lipinski definition) is 0. The maximum atomic E-state index is 9.23. The lowest BCUT2D eigenvalue weighted by Gasteiger charge is -2.05. The van der Waals surface area contributed by atoms with E-state index in [1.54, 1.807) is 18.4 Å². The maximum absolute atomic E-state index is 9.23. The lowest BCUT2D eigenvalue weighted by Crippen LogP contribution is -1.98. The maximum Gasteiger partial charge on any atom is 0.194 e. The number of ether oxygens (including phenoxy) is 1. The number of benzene rings is 1. The van der Waals surface area contributed by atoms with Gasteiger partial charge in [-0.2, -0.15) is 5.26 Å².